The van der Waals surface area contributed by atoms with Crippen LogP contribution in [0.3, 0.4) is 0 Å². The number of phenols is 1. The summed E-state index contributed by atoms with van der Waals surface area (Å²) in [6.07, 6.45) is 0.598. The average molecular weight is 508 g/mol. The summed E-state index contributed by atoms with van der Waals surface area (Å²) in [5.41, 5.74) is 4.97. The first kappa shape index (κ1) is 24.7. The first-order valence-electron chi connectivity index (χ1n) is 12.4. The zero-order chi connectivity index (χ0) is 25.2. The van der Waals surface area contributed by atoms with Gasteiger partial charge in [-0.25, -0.2) is 0 Å². The zero-order valence-corrected chi connectivity index (χ0v) is 21.3. The number of alkyl halides is 1. The zero-order valence-electron chi connectivity index (χ0n) is 20.6. The largest absolute Gasteiger partial charge is 0.508 e. The predicted octanol–water partition coefficient (Wildman–Crippen LogP) is 7.17. The van der Waals surface area contributed by atoms with E-state index in [-0.39, 0.29) is 30.5 Å². The van der Waals surface area contributed by atoms with Gasteiger partial charge in [-0.1, -0.05) is 35.9 Å². The lowest BCUT2D eigenvalue weighted by Crippen LogP contribution is -2.35. The summed E-state index contributed by atoms with van der Waals surface area (Å²) in [6, 6.07) is 21.2. The average Bonchev–Trinajstić information content (AvgIpc) is 3.38. The molecule has 2 heterocycles. The summed E-state index contributed by atoms with van der Waals surface area (Å²) in [5.74, 6) is 1.89. The molecular weight excluding hydrogens is 477 g/mol. The van der Waals surface area contributed by atoms with Crippen molar-refractivity contribution in [1.29, 1.82) is 0 Å². The van der Waals surface area contributed by atoms with Crippen LogP contribution < -0.4 is 9.47 Å². The number of ether oxygens (including phenoxy) is 2. The van der Waals surface area contributed by atoms with E-state index in [0.717, 1.165) is 58.8 Å². The first-order valence-corrected chi connectivity index (χ1v) is 12.8. The molecule has 0 radical (unpaired) electrons. The van der Waals surface area contributed by atoms with Crippen LogP contribution in [0.1, 0.15) is 43.1 Å². The van der Waals surface area contributed by atoms with Gasteiger partial charge in [-0.15, -0.1) is 0 Å². The number of nitrogens with zero attached hydrogens (tertiary/aromatic N) is 1. The maximum absolute atomic E-state index is 13.0. The van der Waals surface area contributed by atoms with E-state index in [1.165, 1.54) is 0 Å². The van der Waals surface area contributed by atoms with Crippen LogP contribution in [-0.4, -0.2) is 42.4 Å². The number of allylic oxidation sites excluding steroid dienone is 1. The highest BCUT2D eigenvalue weighted by Gasteiger charge is 2.30. The van der Waals surface area contributed by atoms with E-state index in [1.54, 1.807) is 12.1 Å². The van der Waals surface area contributed by atoms with E-state index in [9.17, 15) is 9.50 Å². The molecule has 0 amide bonds. The van der Waals surface area contributed by atoms with Crippen molar-refractivity contribution in [3.05, 3.63) is 88.4 Å². The molecule has 1 saturated heterocycles. The normalized spacial score (nSPS) is 20.7. The number of benzene rings is 3. The number of hydrogen-bond donors (Lipinski definition) is 1. The molecule has 36 heavy (non-hydrogen) atoms. The maximum atomic E-state index is 13.0. The van der Waals surface area contributed by atoms with Gasteiger partial charge in [-0.3, -0.25) is 9.29 Å². The molecular formula is C30H31ClFNO3. The molecule has 0 saturated carbocycles. The third-order valence-corrected chi connectivity index (χ3v) is 7.52. The van der Waals surface area contributed by atoms with Crippen LogP contribution in [0.2, 0.25) is 5.02 Å². The van der Waals surface area contributed by atoms with Gasteiger partial charge < -0.3 is 14.6 Å². The Balaban J connectivity index is 1.37. The van der Waals surface area contributed by atoms with Crippen LogP contribution in [0.5, 0.6) is 17.2 Å². The fraction of sp³-hybridized carbons (Fsp3) is 0.333. The number of fused-ring (bicyclic) bond motifs is 1. The van der Waals surface area contributed by atoms with Crippen LogP contribution in [0.25, 0.3) is 11.1 Å². The topological polar surface area (TPSA) is 41.9 Å². The molecule has 0 aliphatic carbocycles. The van der Waals surface area contributed by atoms with Crippen molar-refractivity contribution in [2.24, 2.45) is 5.92 Å². The van der Waals surface area contributed by atoms with E-state index in [4.69, 9.17) is 21.1 Å². The summed E-state index contributed by atoms with van der Waals surface area (Å²) in [6.45, 7) is 6.23. The second-order valence-corrected chi connectivity index (χ2v) is 10.2. The van der Waals surface area contributed by atoms with Gasteiger partial charge in [-0.05, 0) is 86.0 Å². The summed E-state index contributed by atoms with van der Waals surface area (Å²) >= 11 is 6.15. The number of likely N-dealkylation sites (tertiary alicyclic amines) is 1. The van der Waals surface area contributed by atoms with Gasteiger partial charge in [-0.2, -0.15) is 0 Å². The number of rotatable bonds is 7. The molecule has 6 heteroatoms. The molecule has 188 valence electrons. The Hall–Kier alpha value is -3.02. The molecule has 5 rings (SSSR count). The van der Waals surface area contributed by atoms with E-state index in [2.05, 4.69) is 18.7 Å². The second-order valence-electron chi connectivity index (χ2n) is 9.76. The van der Waals surface area contributed by atoms with Crippen molar-refractivity contribution in [3.63, 3.8) is 0 Å². The third kappa shape index (κ3) is 5.09. The molecule has 3 unspecified atom stereocenters. The van der Waals surface area contributed by atoms with E-state index < -0.39 is 0 Å². The molecule has 1 fully saturated rings. The van der Waals surface area contributed by atoms with Crippen molar-refractivity contribution >= 4 is 22.7 Å². The van der Waals surface area contributed by atoms with Crippen LogP contribution in [0, 0.1) is 5.92 Å². The minimum absolute atomic E-state index is 0.155. The van der Waals surface area contributed by atoms with Gasteiger partial charge in [0.25, 0.3) is 0 Å². The fourth-order valence-electron chi connectivity index (χ4n) is 5.12. The van der Waals surface area contributed by atoms with Crippen LogP contribution in [-0.2, 0) is 0 Å². The molecule has 2 aliphatic rings. The highest BCUT2D eigenvalue weighted by molar-refractivity contribution is 6.30. The van der Waals surface area contributed by atoms with Gasteiger partial charge in [0.15, 0.2) is 0 Å². The van der Waals surface area contributed by atoms with Crippen LogP contribution in [0.15, 0.2) is 66.7 Å². The Kier molecular flexibility index (Phi) is 7.22. The van der Waals surface area contributed by atoms with E-state index in [1.807, 2.05) is 54.6 Å². The lowest BCUT2D eigenvalue weighted by atomic mass is 9.86. The highest BCUT2D eigenvalue weighted by atomic mass is 35.5. The van der Waals surface area contributed by atoms with Crippen LogP contribution >= 0.6 is 11.6 Å². The third-order valence-electron chi connectivity index (χ3n) is 7.27. The van der Waals surface area contributed by atoms with E-state index >= 15 is 0 Å². The molecule has 0 bridgehead atoms. The molecule has 4 nitrogen and oxygen atoms in total. The second kappa shape index (κ2) is 10.5. The van der Waals surface area contributed by atoms with Crippen molar-refractivity contribution in [2.75, 3.05) is 26.4 Å². The van der Waals surface area contributed by atoms with Gasteiger partial charge in [0, 0.05) is 34.7 Å². The van der Waals surface area contributed by atoms with Gasteiger partial charge >= 0.3 is 0 Å². The van der Waals surface area contributed by atoms with Crippen LogP contribution in [0.4, 0.5) is 4.39 Å². The quantitative estimate of drug-likeness (QED) is 0.368. The first-order chi connectivity index (χ1) is 17.4. The van der Waals surface area contributed by atoms with Gasteiger partial charge in [0.05, 0.1) is 6.67 Å². The Morgan fingerprint density at radius 1 is 1.11 bits per heavy atom. The number of halogens is 2. The Labute approximate surface area is 216 Å². The molecule has 3 aromatic carbocycles. The van der Waals surface area contributed by atoms with Crippen molar-refractivity contribution in [3.8, 4) is 17.2 Å². The highest BCUT2D eigenvalue weighted by Crippen LogP contribution is 2.47. The van der Waals surface area contributed by atoms with Gasteiger partial charge in [0.2, 0.25) is 0 Å². The smallest absolute Gasteiger partial charge is 0.150 e. The molecule has 0 spiro atoms. The summed E-state index contributed by atoms with van der Waals surface area (Å²) in [7, 11) is 0. The summed E-state index contributed by atoms with van der Waals surface area (Å²) in [5, 5.41) is 10.7. The number of hydrogen-bond acceptors (Lipinski definition) is 4. The standard InChI is InChI=1S/C30H31ClFNO3/c1-19(33-14-13-21(16-32)17-33)18-35-26-10-5-23(6-11-26)30-29(22-3-7-24(31)8-4-22)20(2)27-15-25(34)9-12-28(27)36-30/h3-12,15,19,21,30,34H,13-14,16-18H2,1-2H3. The number of aromatic hydroxyl groups is 1. The lowest BCUT2D eigenvalue weighted by Gasteiger charge is -2.31. The fourth-order valence-corrected chi connectivity index (χ4v) is 5.25. The van der Waals surface area contributed by atoms with Gasteiger partial charge in [0.1, 0.15) is 30.0 Å². The van der Waals surface area contributed by atoms with Crippen molar-refractivity contribution in [2.45, 2.75) is 32.4 Å². The Morgan fingerprint density at radius 2 is 1.86 bits per heavy atom. The molecule has 3 aromatic rings. The molecule has 0 aromatic heterocycles. The van der Waals surface area contributed by atoms with Crippen molar-refractivity contribution < 1.29 is 19.0 Å². The van der Waals surface area contributed by atoms with E-state index in [0.29, 0.717) is 11.6 Å². The van der Waals surface area contributed by atoms with Crippen molar-refractivity contribution in [1.82, 2.24) is 4.90 Å². The Bertz CT molecular complexity index is 1240. The maximum Gasteiger partial charge on any atom is 0.150 e. The monoisotopic (exact) mass is 507 g/mol. The minimum atomic E-state index is -0.321. The molecule has 3 atom stereocenters. The Morgan fingerprint density at radius 3 is 2.56 bits per heavy atom. The lowest BCUT2D eigenvalue weighted by molar-refractivity contribution is 0.165. The summed E-state index contributed by atoms with van der Waals surface area (Å²) in [4.78, 5) is 2.30. The molecule has 1 N–H and O–H groups in total. The molecule has 2 aliphatic heterocycles. The summed E-state index contributed by atoms with van der Waals surface area (Å²) < 4.78 is 25.5. The SMILES string of the molecule is CC1=C(c2ccc(Cl)cc2)C(c2ccc(OCC(C)N3CCC(CF)C3)cc2)Oc2ccc(O)cc21. The minimum Gasteiger partial charge on any atom is -0.508 e. The predicted molar refractivity (Wildman–Crippen MR) is 142 cm³/mol. The number of phenolic OH excluding ortho intramolecular Hbond substituents is 1.